The molecule has 2 aromatic carbocycles. The second-order valence-electron chi connectivity index (χ2n) is 8.63. The summed E-state index contributed by atoms with van der Waals surface area (Å²) in [5.74, 6) is -2.64. The van der Waals surface area contributed by atoms with E-state index in [1.54, 1.807) is 12.1 Å². The van der Waals surface area contributed by atoms with Gasteiger partial charge in [-0.3, -0.25) is 9.59 Å². The zero-order valence-electron chi connectivity index (χ0n) is 18.1. The number of hydrogen-bond acceptors (Lipinski definition) is 4. The van der Waals surface area contributed by atoms with Gasteiger partial charge in [-0.25, -0.2) is 17.2 Å². The van der Waals surface area contributed by atoms with E-state index in [0.717, 1.165) is 25.0 Å². The van der Waals surface area contributed by atoms with Gasteiger partial charge in [-0.2, -0.15) is 4.31 Å². The van der Waals surface area contributed by atoms with E-state index >= 15 is 0 Å². The molecule has 4 rings (SSSR count). The summed E-state index contributed by atoms with van der Waals surface area (Å²) >= 11 is 0. The van der Waals surface area contributed by atoms with Crippen LogP contribution in [0.2, 0.25) is 0 Å². The molecule has 0 bridgehead atoms. The maximum atomic E-state index is 13.4. The van der Waals surface area contributed by atoms with Crippen LogP contribution in [-0.4, -0.2) is 44.2 Å². The molecule has 1 unspecified atom stereocenters. The highest BCUT2D eigenvalue weighted by Gasteiger charge is 2.35. The van der Waals surface area contributed by atoms with Crippen molar-refractivity contribution in [2.24, 2.45) is 11.8 Å². The molecule has 0 saturated carbocycles. The molecular weight excluding hydrogens is 452 g/mol. The lowest BCUT2D eigenvalue weighted by molar-refractivity contribution is -0.122. The second kappa shape index (κ2) is 9.18. The molecule has 2 amide bonds. The Morgan fingerprint density at radius 2 is 1.64 bits per heavy atom. The van der Waals surface area contributed by atoms with E-state index in [-0.39, 0.29) is 29.5 Å². The van der Waals surface area contributed by atoms with Crippen molar-refractivity contribution in [3.8, 4) is 0 Å². The highest BCUT2D eigenvalue weighted by molar-refractivity contribution is 7.89. The van der Waals surface area contributed by atoms with Crippen LogP contribution in [0, 0.1) is 23.5 Å². The Bertz CT molecular complexity index is 1140. The van der Waals surface area contributed by atoms with E-state index in [1.165, 1.54) is 21.3 Å². The second-order valence-corrected chi connectivity index (χ2v) is 10.6. The number of anilines is 2. The number of nitrogens with one attached hydrogen (secondary N) is 1. The number of hydrogen-bond donors (Lipinski definition) is 1. The van der Waals surface area contributed by atoms with Crippen molar-refractivity contribution in [2.75, 3.05) is 29.9 Å². The lowest BCUT2D eigenvalue weighted by Crippen LogP contribution is -2.37. The first-order chi connectivity index (χ1) is 15.6. The van der Waals surface area contributed by atoms with E-state index in [0.29, 0.717) is 30.8 Å². The Morgan fingerprint density at radius 3 is 2.24 bits per heavy atom. The molecule has 0 radical (unpaired) electrons. The number of rotatable bonds is 5. The van der Waals surface area contributed by atoms with Gasteiger partial charge in [0.2, 0.25) is 21.8 Å². The Labute approximate surface area is 191 Å². The fraction of sp³-hybridized carbons (Fsp3) is 0.391. The van der Waals surface area contributed by atoms with Gasteiger partial charge in [-0.05, 0) is 55.2 Å². The number of halogens is 2. The molecule has 7 nitrogen and oxygen atoms in total. The molecule has 1 N–H and O–H groups in total. The van der Waals surface area contributed by atoms with Gasteiger partial charge in [-0.15, -0.1) is 0 Å². The molecule has 10 heteroatoms. The van der Waals surface area contributed by atoms with Crippen molar-refractivity contribution in [2.45, 2.75) is 31.1 Å². The van der Waals surface area contributed by atoms with Gasteiger partial charge >= 0.3 is 0 Å². The monoisotopic (exact) mass is 477 g/mol. The van der Waals surface area contributed by atoms with Crippen molar-refractivity contribution in [1.82, 2.24) is 4.31 Å². The maximum absolute atomic E-state index is 13.4. The van der Waals surface area contributed by atoms with Crippen molar-refractivity contribution >= 4 is 33.2 Å². The summed E-state index contributed by atoms with van der Waals surface area (Å²) in [5.41, 5.74) is 0.461. The quantitative estimate of drug-likeness (QED) is 0.715. The summed E-state index contributed by atoms with van der Waals surface area (Å²) < 4.78 is 54.0. The Kier molecular flexibility index (Phi) is 6.49. The fourth-order valence-corrected chi connectivity index (χ4v) is 5.65. The van der Waals surface area contributed by atoms with Crippen molar-refractivity contribution in [3.63, 3.8) is 0 Å². The molecule has 2 heterocycles. The molecule has 2 aliphatic rings. The average Bonchev–Trinajstić information content (AvgIpc) is 3.15. The van der Waals surface area contributed by atoms with E-state index in [1.807, 2.05) is 0 Å². The molecule has 2 fully saturated rings. The van der Waals surface area contributed by atoms with Crippen LogP contribution in [0.15, 0.2) is 47.4 Å². The molecule has 176 valence electrons. The highest BCUT2D eigenvalue weighted by atomic mass is 32.2. The molecule has 0 spiro atoms. The third kappa shape index (κ3) is 5.06. The minimum Gasteiger partial charge on any atom is -0.326 e. The normalized spacial score (nSPS) is 20.3. The summed E-state index contributed by atoms with van der Waals surface area (Å²) in [6.45, 7) is 3.16. The molecule has 1 atom stereocenters. The maximum Gasteiger partial charge on any atom is 0.243 e. The Hall–Kier alpha value is -2.85. The van der Waals surface area contributed by atoms with Crippen LogP contribution in [0.25, 0.3) is 0 Å². The molecule has 33 heavy (non-hydrogen) atoms. The standard InChI is InChI=1S/C23H25F2N3O4S/c1-15-6-8-27(9-7-15)33(31,32)21-4-2-20(3-5-21)28-14-16(10-22(28)29)23(30)26-19-12-17(24)11-18(25)13-19/h2-5,11-13,15-16H,6-10,14H2,1H3,(H,26,30). The largest absolute Gasteiger partial charge is 0.326 e. The van der Waals surface area contributed by atoms with E-state index in [4.69, 9.17) is 0 Å². The summed E-state index contributed by atoms with van der Waals surface area (Å²) in [4.78, 5) is 26.6. The van der Waals surface area contributed by atoms with E-state index in [2.05, 4.69) is 12.2 Å². The van der Waals surface area contributed by atoms with Gasteiger partial charge in [0.25, 0.3) is 0 Å². The van der Waals surface area contributed by atoms with Crippen LogP contribution in [-0.2, 0) is 19.6 Å². The molecule has 0 aromatic heterocycles. The topological polar surface area (TPSA) is 86.8 Å². The van der Waals surface area contributed by atoms with Crippen LogP contribution in [0.5, 0.6) is 0 Å². The van der Waals surface area contributed by atoms with E-state index in [9.17, 15) is 26.8 Å². The van der Waals surface area contributed by atoms with Gasteiger partial charge in [0.05, 0.1) is 10.8 Å². The molecule has 2 aromatic rings. The molecular formula is C23H25F2N3O4S. The lowest BCUT2D eigenvalue weighted by atomic mass is 10.0. The van der Waals surface area contributed by atoms with Crippen molar-refractivity contribution in [1.29, 1.82) is 0 Å². The third-order valence-corrected chi connectivity index (χ3v) is 8.07. The number of amides is 2. The lowest BCUT2D eigenvalue weighted by Gasteiger charge is -2.29. The predicted molar refractivity (Wildman–Crippen MR) is 119 cm³/mol. The smallest absolute Gasteiger partial charge is 0.243 e. The number of nitrogens with zero attached hydrogens (tertiary/aromatic N) is 2. The van der Waals surface area contributed by atoms with Crippen molar-refractivity contribution < 1.29 is 26.8 Å². The Morgan fingerprint density at radius 1 is 1.03 bits per heavy atom. The van der Waals surface area contributed by atoms with Gasteiger partial charge in [-0.1, -0.05) is 6.92 Å². The number of piperidine rings is 1. The van der Waals surface area contributed by atoms with Crippen LogP contribution < -0.4 is 10.2 Å². The Balaban J connectivity index is 1.43. The van der Waals surface area contributed by atoms with E-state index < -0.39 is 33.5 Å². The molecule has 0 aliphatic carbocycles. The van der Waals surface area contributed by atoms with Gasteiger partial charge in [0.1, 0.15) is 11.6 Å². The summed E-state index contributed by atoms with van der Waals surface area (Å²) in [7, 11) is -3.60. The average molecular weight is 478 g/mol. The molecule has 2 saturated heterocycles. The minimum atomic E-state index is -3.60. The van der Waals surface area contributed by atoms with Crippen LogP contribution in [0.4, 0.5) is 20.2 Å². The molecule has 2 aliphatic heterocycles. The van der Waals surface area contributed by atoms with Gasteiger partial charge < -0.3 is 10.2 Å². The zero-order chi connectivity index (χ0) is 23.8. The van der Waals surface area contributed by atoms with Crippen molar-refractivity contribution in [3.05, 3.63) is 54.1 Å². The number of sulfonamides is 1. The number of benzene rings is 2. The minimum absolute atomic E-state index is 0.0231. The summed E-state index contributed by atoms with van der Waals surface area (Å²) in [6, 6.07) is 8.75. The van der Waals surface area contributed by atoms with Crippen LogP contribution in [0.1, 0.15) is 26.2 Å². The number of carbonyl (C=O) groups is 2. The summed E-state index contributed by atoms with van der Waals surface area (Å²) in [5, 5.41) is 2.44. The fourth-order valence-electron chi connectivity index (χ4n) is 4.18. The van der Waals surface area contributed by atoms with Crippen LogP contribution >= 0.6 is 0 Å². The SMILES string of the molecule is CC1CCN(S(=O)(=O)c2ccc(N3CC(C(=O)Nc4cc(F)cc(F)c4)CC3=O)cc2)CC1. The zero-order valence-corrected chi connectivity index (χ0v) is 18.9. The first kappa shape index (κ1) is 23.3. The highest BCUT2D eigenvalue weighted by Crippen LogP contribution is 2.29. The van der Waals surface area contributed by atoms with Crippen LogP contribution in [0.3, 0.4) is 0 Å². The number of carbonyl (C=O) groups excluding carboxylic acids is 2. The summed E-state index contributed by atoms with van der Waals surface area (Å²) in [6.07, 6.45) is 1.59. The predicted octanol–water partition coefficient (Wildman–Crippen LogP) is 3.38. The third-order valence-electron chi connectivity index (χ3n) is 6.15. The van der Waals surface area contributed by atoms with Gasteiger partial charge in [0.15, 0.2) is 0 Å². The first-order valence-electron chi connectivity index (χ1n) is 10.8. The van der Waals surface area contributed by atoms with Gasteiger partial charge in [0, 0.05) is 43.5 Å². The first-order valence-corrected chi connectivity index (χ1v) is 12.2.